The van der Waals surface area contributed by atoms with Crippen molar-refractivity contribution in [1.29, 1.82) is 0 Å². The number of benzene rings is 1. The van der Waals surface area contributed by atoms with Gasteiger partial charge in [-0.15, -0.1) is 0 Å². The SMILES string of the molecule is COC(=O)N1CCN(c2cnc3cc(C(F)(F)F)cc([N+](=O)[O-])c3c2)CC1. The van der Waals surface area contributed by atoms with Gasteiger partial charge in [-0.05, 0) is 12.1 Å². The summed E-state index contributed by atoms with van der Waals surface area (Å²) in [5.41, 5.74) is -1.33. The van der Waals surface area contributed by atoms with Crippen LogP contribution in [-0.4, -0.2) is 54.2 Å². The van der Waals surface area contributed by atoms with Crippen LogP contribution in [0.5, 0.6) is 0 Å². The molecule has 1 aliphatic rings. The van der Waals surface area contributed by atoms with Gasteiger partial charge in [0.2, 0.25) is 0 Å². The Hall–Kier alpha value is -3.11. The van der Waals surface area contributed by atoms with Gasteiger partial charge in [0.25, 0.3) is 5.69 Å². The molecule has 144 valence electrons. The van der Waals surface area contributed by atoms with E-state index in [1.54, 1.807) is 0 Å². The monoisotopic (exact) mass is 384 g/mol. The lowest BCUT2D eigenvalue weighted by atomic mass is 10.1. The van der Waals surface area contributed by atoms with E-state index in [9.17, 15) is 28.1 Å². The number of nitro benzene ring substituents is 1. The largest absolute Gasteiger partial charge is 0.453 e. The number of amides is 1. The minimum atomic E-state index is -4.70. The smallest absolute Gasteiger partial charge is 0.416 e. The Bertz CT molecular complexity index is 895. The van der Waals surface area contributed by atoms with Crippen LogP contribution in [-0.2, 0) is 10.9 Å². The summed E-state index contributed by atoms with van der Waals surface area (Å²) < 4.78 is 43.5. The first-order valence-corrected chi connectivity index (χ1v) is 7.94. The van der Waals surface area contributed by atoms with Crippen molar-refractivity contribution in [1.82, 2.24) is 9.88 Å². The molecule has 0 saturated carbocycles. The number of non-ortho nitro benzene ring substituents is 1. The van der Waals surface area contributed by atoms with E-state index in [1.165, 1.54) is 24.3 Å². The van der Waals surface area contributed by atoms with Crippen LogP contribution in [0.25, 0.3) is 10.9 Å². The topological polar surface area (TPSA) is 88.8 Å². The van der Waals surface area contributed by atoms with Crippen LogP contribution in [0.3, 0.4) is 0 Å². The fraction of sp³-hybridized carbons (Fsp3) is 0.375. The third-order valence-electron chi connectivity index (χ3n) is 4.37. The summed E-state index contributed by atoms with van der Waals surface area (Å²) in [4.78, 5) is 29.3. The molecule has 0 radical (unpaired) electrons. The molecular weight excluding hydrogens is 369 g/mol. The summed E-state index contributed by atoms with van der Waals surface area (Å²) in [6.07, 6.45) is -3.77. The Balaban J connectivity index is 1.95. The molecule has 1 fully saturated rings. The molecule has 0 unspecified atom stereocenters. The predicted octanol–water partition coefficient (Wildman–Crippen LogP) is 3.05. The quantitative estimate of drug-likeness (QED) is 0.584. The van der Waals surface area contributed by atoms with E-state index in [0.29, 0.717) is 37.9 Å². The molecular formula is C16H15F3N4O4. The van der Waals surface area contributed by atoms with Crippen LogP contribution in [0, 0.1) is 10.1 Å². The van der Waals surface area contributed by atoms with Gasteiger partial charge in [0, 0.05) is 32.2 Å². The van der Waals surface area contributed by atoms with E-state index in [-0.39, 0.29) is 10.9 Å². The number of alkyl halides is 3. The number of rotatable bonds is 2. The first kappa shape index (κ1) is 18.7. The average Bonchev–Trinajstić information content (AvgIpc) is 2.65. The molecule has 3 rings (SSSR count). The number of nitro groups is 1. The zero-order valence-corrected chi connectivity index (χ0v) is 14.2. The average molecular weight is 384 g/mol. The summed E-state index contributed by atoms with van der Waals surface area (Å²) in [5, 5.41) is 11.3. The Morgan fingerprint density at radius 1 is 1.22 bits per heavy atom. The molecule has 0 aliphatic carbocycles. The van der Waals surface area contributed by atoms with Crippen LogP contribution in [0.1, 0.15) is 5.56 Å². The molecule has 2 heterocycles. The highest BCUT2D eigenvalue weighted by atomic mass is 19.4. The maximum atomic E-state index is 13.0. The number of fused-ring (bicyclic) bond motifs is 1. The standard InChI is InChI=1S/C16H15F3N4O4/c1-27-15(24)22-4-2-21(3-5-22)11-8-12-13(20-9-11)6-10(16(17,18)19)7-14(12)23(25)26/h6-9H,2-5H2,1H3. The maximum absolute atomic E-state index is 13.0. The Morgan fingerprint density at radius 2 is 1.89 bits per heavy atom. The summed E-state index contributed by atoms with van der Waals surface area (Å²) in [6.45, 7) is 1.66. The molecule has 0 N–H and O–H groups in total. The minimum Gasteiger partial charge on any atom is -0.453 e. The number of ether oxygens (including phenoxy) is 1. The Kier molecular flexibility index (Phi) is 4.77. The van der Waals surface area contributed by atoms with Gasteiger partial charge >= 0.3 is 12.3 Å². The number of methoxy groups -OCH3 is 1. The van der Waals surface area contributed by atoms with Crippen molar-refractivity contribution >= 4 is 28.4 Å². The van der Waals surface area contributed by atoms with E-state index in [1.807, 2.05) is 4.90 Å². The molecule has 0 bridgehead atoms. The second kappa shape index (κ2) is 6.89. The van der Waals surface area contributed by atoms with Crippen molar-refractivity contribution in [3.63, 3.8) is 0 Å². The maximum Gasteiger partial charge on any atom is 0.416 e. The van der Waals surface area contributed by atoms with Crippen molar-refractivity contribution in [3.05, 3.63) is 40.1 Å². The zero-order valence-electron chi connectivity index (χ0n) is 14.2. The lowest BCUT2D eigenvalue weighted by Gasteiger charge is -2.35. The summed E-state index contributed by atoms with van der Waals surface area (Å²) in [7, 11) is 1.29. The molecule has 1 aromatic carbocycles. The zero-order chi connectivity index (χ0) is 19.8. The number of halogens is 3. The van der Waals surface area contributed by atoms with Gasteiger partial charge in [-0.1, -0.05) is 0 Å². The number of aromatic nitrogens is 1. The van der Waals surface area contributed by atoms with Crippen LogP contribution in [0.15, 0.2) is 24.4 Å². The van der Waals surface area contributed by atoms with Crippen molar-refractivity contribution in [3.8, 4) is 0 Å². The number of piperazine rings is 1. The van der Waals surface area contributed by atoms with Crippen molar-refractivity contribution in [2.24, 2.45) is 0 Å². The van der Waals surface area contributed by atoms with Crippen molar-refractivity contribution < 1.29 is 27.6 Å². The summed E-state index contributed by atoms with van der Waals surface area (Å²) >= 11 is 0. The van der Waals surface area contributed by atoms with Gasteiger partial charge in [0.15, 0.2) is 0 Å². The van der Waals surface area contributed by atoms with Crippen LogP contribution < -0.4 is 4.90 Å². The van der Waals surface area contributed by atoms with E-state index in [2.05, 4.69) is 9.72 Å². The lowest BCUT2D eigenvalue weighted by Crippen LogP contribution is -2.48. The van der Waals surface area contributed by atoms with Gasteiger partial charge in [-0.25, -0.2) is 4.79 Å². The second-order valence-corrected chi connectivity index (χ2v) is 5.95. The van der Waals surface area contributed by atoms with E-state index in [0.717, 1.165) is 6.07 Å². The molecule has 2 aromatic rings. The second-order valence-electron chi connectivity index (χ2n) is 5.95. The fourth-order valence-electron chi connectivity index (χ4n) is 2.96. The van der Waals surface area contributed by atoms with Crippen molar-refractivity contribution in [2.75, 3.05) is 38.2 Å². The number of carbonyl (C=O) groups excluding carboxylic acids is 1. The molecule has 1 aliphatic heterocycles. The first-order chi connectivity index (χ1) is 12.7. The van der Waals surface area contributed by atoms with Crippen LogP contribution >= 0.6 is 0 Å². The van der Waals surface area contributed by atoms with Crippen LogP contribution in [0.2, 0.25) is 0 Å². The van der Waals surface area contributed by atoms with Gasteiger partial charge in [-0.3, -0.25) is 15.1 Å². The minimum absolute atomic E-state index is 0.0286. The molecule has 1 aromatic heterocycles. The van der Waals surface area contributed by atoms with E-state index in [4.69, 9.17) is 0 Å². The van der Waals surface area contributed by atoms with Gasteiger partial charge < -0.3 is 14.5 Å². The lowest BCUT2D eigenvalue weighted by molar-refractivity contribution is -0.383. The Morgan fingerprint density at radius 3 is 2.44 bits per heavy atom. The fourth-order valence-corrected chi connectivity index (χ4v) is 2.96. The van der Waals surface area contributed by atoms with Gasteiger partial charge in [-0.2, -0.15) is 13.2 Å². The Labute approximate surface area is 151 Å². The molecule has 27 heavy (non-hydrogen) atoms. The highest BCUT2D eigenvalue weighted by molar-refractivity contribution is 5.91. The first-order valence-electron chi connectivity index (χ1n) is 7.94. The summed E-state index contributed by atoms with van der Waals surface area (Å²) in [6, 6.07) is 2.76. The third-order valence-corrected chi connectivity index (χ3v) is 4.37. The summed E-state index contributed by atoms with van der Waals surface area (Å²) in [5.74, 6) is 0. The number of nitrogens with zero attached hydrogens (tertiary/aromatic N) is 4. The predicted molar refractivity (Wildman–Crippen MR) is 89.6 cm³/mol. The molecule has 1 amide bonds. The molecule has 11 heteroatoms. The van der Waals surface area contributed by atoms with Crippen molar-refractivity contribution in [2.45, 2.75) is 6.18 Å². The number of anilines is 1. The highest BCUT2D eigenvalue weighted by Gasteiger charge is 2.33. The van der Waals surface area contributed by atoms with E-state index < -0.39 is 28.4 Å². The molecule has 1 saturated heterocycles. The highest BCUT2D eigenvalue weighted by Crippen LogP contribution is 2.36. The number of hydrogen-bond acceptors (Lipinski definition) is 6. The molecule has 0 atom stereocenters. The van der Waals surface area contributed by atoms with E-state index >= 15 is 0 Å². The number of carbonyl (C=O) groups is 1. The third kappa shape index (κ3) is 3.71. The molecule has 0 spiro atoms. The number of hydrogen-bond donors (Lipinski definition) is 0. The van der Waals surface area contributed by atoms with Gasteiger partial charge in [0.1, 0.15) is 0 Å². The molecule has 8 nitrogen and oxygen atoms in total. The number of pyridine rings is 1. The van der Waals surface area contributed by atoms with Crippen LogP contribution in [0.4, 0.5) is 29.3 Å². The normalized spacial score (nSPS) is 15.1. The van der Waals surface area contributed by atoms with Gasteiger partial charge in [0.05, 0.1) is 40.4 Å².